The summed E-state index contributed by atoms with van der Waals surface area (Å²) in [6.07, 6.45) is 4.18. The third-order valence-electron chi connectivity index (χ3n) is 2.68. The fourth-order valence-corrected chi connectivity index (χ4v) is 1.98. The van der Waals surface area contributed by atoms with Gasteiger partial charge in [-0.25, -0.2) is 0 Å². The molecule has 0 N–H and O–H groups in total. The molecule has 0 spiro atoms. The molecule has 0 unspecified atom stereocenters. The van der Waals surface area contributed by atoms with Crippen LogP contribution in [0.25, 0.3) is 6.08 Å². The summed E-state index contributed by atoms with van der Waals surface area (Å²) in [6.45, 7) is 10.5. The zero-order valence-electron chi connectivity index (χ0n) is 9.67. The molecule has 1 aromatic rings. The zero-order valence-corrected chi connectivity index (χ0v) is 9.67. The molecule has 1 heterocycles. The van der Waals surface area contributed by atoms with Crippen LogP contribution >= 0.6 is 0 Å². The summed E-state index contributed by atoms with van der Waals surface area (Å²) >= 11 is 0. The molecule has 78 valence electrons. The Labute approximate surface area is 86.6 Å². The smallest absolute Gasteiger partial charge is 0.0848 e. The lowest BCUT2D eigenvalue weighted by atomic mass is 9.84. The highest BCUT2D eigenvalue weighted by Crippen LogP contribution is 2.28. The van der Waals surface area contributed by atoms with Crippen LogP contribution in [0, 0.1) is 0 Å². The van der Waals surface area contributed by atoms with Crippen LogP contribution in [0.1, 0.15) is 45.0 Å². The van der Waals surface area contributed by atoms with Crippen molar-refractivity contribution in [1.29, 1.82) is 0 Å². The highest BCUT2D eigenvalue weighted by Gasteiger charge is 2.23. The van der Waals surface area contributed by atoms with Gasteiger partial charge in [-0.15, -0.1) is 0 Å². The minimum Gasteiger partial charge on any atom is -0.272 e. The Morgan fingerprint density at radius 1 is 1.57 bits per heavy atom. The second-order valence-electron chi connectivity index (χ2n) is 4.42. The number of aromatic nitrogens is 2. The van der Waals surface area contributed by atoms with Gasteiger partial charge in [0.25, 0.3) is 0 Å². The average molecular weight is 192 g/mol. The summed E-state index contributed by atoms with van der Waals surface area (Å²) in [5, 5.41) is 4.38. The fourth-order valence-electron chi connectivity index (χ4n) is 1.98. The van der Waals surface area contributed by atoms with Crippen LogP contribution < -0.4 is 0 Å². The van der Waals surface area contributed by atoms with E-state index in [1.165, 1.54) is 18.5 Å². The zero-order chi connectivity index (χ0) is 10.8. The quantitative estimate of drug-likeness (QED) is 0.716. The molecule has 2 nitrogen and oxygen atoms in total. The molecule has 1 rings (SSSR count). The SMILES string of the molecule is C=Cc1cc(C(C)(C)CCC)n(C)n1. The van der Waals surface area contributed by atoms with Crippen molar-refractivity contribution in [3.05, 3.63) is 24.0 Å². The Morgan fingerprint density at radius 3 is 2.64 bits per heavy atom. The van der Waals surface area contributed by atoms with Gasteiger partial charge in [0.05, 0.1) is 5.69 Å². The van der Waals surface area contributed by atoms with E-state index >= 15 is 0 Å². The first-order valence-electron chi connectivity index (χ1n) is 5.18. The molecule has 0 aliphatic heterocycles. The molecule has 0 bridgehead atoms. The van der Waals surface area contributed by atoms with Crippen molar-refractivity contribution in [2.24, 2.45) is 7.05 Å². The lowest BCUT2D eigenvalue weighted by Gasteiger charge is -2.23. The summed E-state index contributed by atoms with van der Waals surface area (Å²) in [5.74, 6) is 0. The molecule has 1 aromatic heterocycles. The topological polar surface area (TPSA) is 17.8 Å². The van der Waals surface area contributed by atoms with Gasteiger partial charge in [0.15, 0.2) is 0 Å². The second-order valence-corrected chi connectivity index (χ2v) is 4.42. The van der Waals surface area contributed by atoms with Crippen LogP contribution in [-0.4, -0.2) is 9.78 Å². The molecule has 0 atom stereocenters. The summed E-state index contributed by atoms with van der Waals surface area (Å²) in [6, 6.07) is 2.13. The van der Waals surface area contributed by atoms with Gasteiger partial charge in [-0.3, -0.25) is 4.68 Å². The summed E-state index contributed by atoms with van der Waals surface area (Å²) in [4.78, 5) is 0. The molecule has 0 aliphatic carbocycles. The molecule has 2 heteroatoms. The van der Waals surface area contributed by atoms with E-state index in [1.54, 1.807) is 6.08 Å². The van der Waals surface area contributed by atoms with E-state index in [-0.39, 0.29) is 5.41 Å². The Kier molecular flexibility index (Phi) is 3.14. The number of hydrogen-bond donors (Lipinski definition) is 0. The normalized spacial score (nSPS) is 11.7. The second kappa shape index (κ2) is 3.99. The van der Waals surface area contributed by atoms with Crippen molar-refractivity contribution in [2.75, 3.05) is 0 Å². The van der Waals surface area contributed by atoms with E-state index in [0.29, 0.717) is 0 Å². The van der Waals surface area contributed by atoms with E-state index < -0.39 is 0 Å². The minimum atomic E-state index is 0.206. The average Bonchev–Trinajstić information content (AvgIpc) is 2.47. The van der Waals surface area contributed by atoms with Crippen LogP contribution in [-0.2, 0) is 12.5 Å². The van der Waals surface area contributed by atoms with Gasteiger partial charge in [-0.05, 0) is 18.6 Å². The number of nitrogens with zero attached hydrogens (tertiary/aromatic N) is 2. The summed E-state index contributed by atoms with van der Waals surface area (Å²) in [7, 11) is 2.00. The Morgan fingerprint density at radius 2 is 2.21 bits per heavy atom. The van der Waals surface area contributed by atoms with Gasteiger partial charge >= 0.3 is 0 Å². The Bertz CT molecular complexity index is 321. The van der Waals surface area contributed by atoms with Gasteiger partial charge in [0, 0.05) is 18.2 Å². The van der Waals surface area contributed by atoms with E-state index in [2.05, 4.69) is 38.5 Å². The van der Waals surface area contributed by atoms with Crippen LogP contribution in [0.15, 0.2) is 12.6 Å². The fraction of sp³-hybridized carbons (Fsp3) is 0.583. The first-order chi connectivity index (χ1) is 6.51. The van der Waals surface area contributed by atoms with E-state index in [1.807, 2.05) is 11.7 Å². The molecule has 0 amide bonds. The molecule has 0 saturated carbocycles. The van der Waals surface area contributed by atoms with Crippen molar-refractivity contribution >= 4 is 6.08 Å². The Hall–Kier alpha value is -1.05. The summed E-state index contributed by atoms with van der Waals surface area (Å²) < 4.78 is 1.96. The molecule has 0 radical (unpaired) electrons. The molecular formula is C12H20N2. The monoisotopic (exact) mass is 192 g/mol. The molecule has 0 aromatic carbocycles. The van der Waals surface area contributed by atoms with E-state index in [9.17, 15) is 0 Å². The van der Waals surface area contributed by atoms with Crippen LogP contribution in [0.3, 0.4) is 0 Å². The lowest BCUT2D eigenvalue weighted by Crippen LogP contribution is -2.20. The largest absolute Gasteiger partial charge is 0.272 e. The van der Waals surface area contributed by atoms with Crippen molar-refractivity contribution in [2.45, 2.75) is 39.0 Å². The van der Waals surface area contributed by atoms with Crippen LogP contribution in [0.5, 0.6) is 0 Å². The maximum Gasteiger partial charge on any atom is 0.0848 e. The Balaban J connectivity index is 3.04. The van der Waals surface area contributed by atoms with Crippen molar-refractivity contribution < 1.29 is 0 Å². The molecule has 14 heavy (non-hydrogen) atoms. The minimum absolute atomic E-state index is 0.206. The van der Waals surface area contributed by atoms with Gasteiger partial charge in [0.1, 0.15) is 0 Å². The first kappa shape index (κ1) is 11.0. The molecule has 0 aliphatic rings. The van der Waals surface area contributed by atoms with E-state index in [0.717, 1.165) is 5.69 Å². The lowest BCUT2D eigenvalue weighted by molar-refractivity contribution is 0.436. The van der Waals surface area contributed by atoms with Crippen LogP contribution in [0.4, 0.5) is 0 Å². The highest BCUT2D eigenvalue weighted by atomic mass is 15.3. The summed E-state index contributed by atoms with van der Waals surface area (Å²) in [5.41, 5.74) is 2.46. The standard InChI is InChI=1S/C12H20N2/c1-6-8-12(3,4)11-9-10(7-2)13-14(11)5/h7,9H,2,6,8H2,1,3-5H3. The van der Waals surface area contributed by atoms with Gasteiger partial charge in [0.2, 0.25) is 0 Å². The first-order valence-corrected chi connectivity index (χ1v) is 5.18. The van der Waals surface area contributed by atoms with Crippen molar-refractivity contribution in [3.8, 4) is 0 Å². The van der Waals surface area contributed by atoms with Gasteiger partial charge in [-0.1, -0.05) is 33.8 Å². The van der Waals surface area contributed by atoms with Crippen molar-refractivity contribution in [1.82, 2.24) is 9.78 Å². The van der Waals surface area contributed by atoms with Crippen LogP contribution in [0.2, 0.25) is 0 Å². The molecule has 0 fully saturated rings. The molecular weight excluding hydrogens is 172 g/mol. The molecule has 0 saturated heterocycles. The highest BCUT2D eigenvalue weighted by molar-refractivity contribution is 5.42. The van der Waals surface area contributed by atoms with Gasteiger partial charge < -0.3 is 0 Å². The maximum atomic E-state index is 4.38. The third kappa shape index (κ3) is 2.06. The third-order valence-corrected chi connectivity index (χ3v) is 2.68. The van der Waals surface area contributed by atoms with E-state index in [4.69, 9.17) is 0 Å². The number of aryl methyl sites for hydroxylation is 1. The predicted octanol–water partition coefficient (Wildman–Crippen LogP) is 3.14. The number of rotatable bonds is 4. The predicted molar refractivity (Wildman–Crippen MR) is 61.2 cm³/mol. The number of hydrogen-bond acceptors (Lipinski definition) is 1. The maximum absolute atomic E-state index is 4.38. The van der Waals surface area contributed by atoms with Gasteiger partial charge in [-0.2, -0.15) is 5.10 Å². The van der Waals surface area contributed by atoms with Crippen molar-refractivity contribution in [3.63, 3.8) is 0 Å².